The minimum absolute atomic E-state index is 0.0966. The van der Waals surface area contributed by atoms with E-state index >= 15 is 8.78 Å². The number of methoxy groups -OCH3 is 1. The number of carbonyl (C=O) groups excluding carboxylic acids is 2. The summed E-state index contributed by atoms with van der Waals surface area (Å²) >= 11 is 0. The minimum atomic E-state index is -1.65. The number of esters is 1. The van der Waals surface area contributed by atoms with E-state index in [1.54, 1.807) is 11.0 Å². The van der Waals surface area contributed by atoms with Crippen LogP contribution in [0, 0.1) is 17.6 Å². The molecular weight excluding hydrogens is 435 g/mol. The van der Waals surface area contributed by atoms with Crippen LogP contribution in [0.1, 0.15) is 44.4 Å². The van der Waals surface area contributed by atoms with Crippen LogP contribution in [0.2, 0.25) is 0 Å². The smallest absolute Gasteiger partial charge is 0.330 e. The van der Waals surface area contributed by atoms with Crippen LogP contribution >= 0.6 is 0 Å². The van der Waals surface area contributed by atoms with Crippen molar-refractivity contribution in [1.82, 2.24) is 4.90 Å². The van der Waals surface area contributed by atoms with Gasteiger partial charge in [-0.25, -0.2) is 18.0 Å². The number of aliphatic hydroxyl groups excluding tert-OH is 1. The molecule has 1 N–H and O–H groups in total. The molecule has 5 nitrogen and oxygen atoms in total. The summed E-state index contributed by atoms with van der Waals surface area (Å²) in [4.78, 5) is 24.5. The van der Waals surface area contributed by atoms with Crippen LogP contribution in [0.25, 0.3) is 6.08 Å². The number of fused-ring (bicyclic) bond motifs is 1. The van der Waals surface area contributed by atoms with Crippen molar-refractivity contribution in [2.24, 2.45) is 5.92 Å². The van der Waals surface area contributed by atoms with Gasteiger partial charge in [-0.15, -0.1) is 0 Å². The number of nitrogens with zero attached hydrogens (tertiary/aromatic N) is 1. The van der Waals surface area contributed by atoms with Crippen LogP contribution < -0.4 is 0 Å². The van der Waals surface area contributed by atoms with Gasteiger partial charge in [-0.2, -0.15) is 0 Å². The molecule has 8 heteroatoms. The normalized spacial score (nSPS) is 25.9. The standard InChI is InChI=1S/C25H28F3NO4/c1-14-7-16-11-21(31)17(12-30)10-18(16)24(29(14)13-25(2,3)28)23-19(26)8-15(9-20(23)27)5-6-22(32)33-4/h5-6,8-12,14,17,21,24,31H,7,13H2,1-4H3/b6-5+. The fraction of sp³-hybridized carbons (Fsp3) is 0.440. The lowest BCUT2D eigenvalue weighted by atomic mass is 9.76. The van der Waals surface area contributed by atoms with E-state index < -0.39 is 41.3 Å². The Morgan fingerprint density at radius 2 is 1.91 bits per heavy atom. The summed E-state index contributed by atoms with van der Waals surface area (Å²) in [6.07, 6.45) is 5.33. The highest BCUT2D eigenvalue weighted by molar-refractivity contribution is 5.86. The zero-order valence-electron chi connectivity index (χ0n) is 19.0. The van der Waals surface area contributed by atoms with Gasteiger partial charge in [-0.1, -0.05) is 12.2 Å². The minimum Gasteiger partial charge on any atom is -0.466 e. The quantitative estimate of drug-likeness (QED) is 0.391. The molecule has 3 rings (SSSR count). The number of aldehydes is 1. The summed E-state index contributed by atoms with van der Waals surface area (Å²) in [5, 5.41) is 10.3. The van der Waals surface area contributed by atoms with E-state index in [0.29, 0.717) is 23.9 Å². The van der Waals surface area contributed by atoms with Crippen molar-refractivity contribution in [3.05, 3.63) is 64.3 Å². The van der Waals surface area contributed by atoms with Crippen molar-refractivity contribution in [3.63, 3.8) is 0 Å². The topological polar surface area (TPSA) is 66.8 Å². The maximum Gasteiger partial charge on any atom is 0.330 e. The fourth-order valence-corrected chi connectivity index (χ4v) is 4.46. The van der Waals surface area contributed by atoms with E-state index in [9.17, 15) is 19.1 Å². The number of rotatable bonds is 6. The molecule has 0 bridgehead atoms. The molecule has 0 aromatic heterocycles. The van der Waals surface area contributed by atoms with Gasteiger partial charge < -0.3 is 14.6 Å². The van der Waals surface area contributed by atoms with Crippen molar-refractivity contribution >= 4 is 18.3 Å². The number of hydrogen-bond donors (Lipinski definition) is 1. The zero-order valence-corrected chi connectivity index (χ0v) is 19.0. The van der Waals surface area contributed by atoms with Crippen molar-refractivity contribution < 1.29 is 32.6 Å². The van der Waals surface area contributed by atoms with Crippen LogP contribution in [0.3, 0.4) is 0 Å². The molecule has 0 saturated carbocycles. The number of ether oxygens (including phenoxy) is 1. The van der Waals surface area contributed by atoms with Gasteiger partial charge in [0.2, 0.25) is 0 Å². The van der Waals surface area contributed by atoms with Crippen molar-refractivity contribution in [3.8, 4) is 0 Å². The van der Waals surface area contributed by atoms with E-state index in [-0.39, 0.29) is 23.7 Å². The Bertz CT molecular complexity index is 1000. The van der Waals surface area contributed by atoms with E-state index in [4.69, 9.17) is 0 Å². The predicted octanol–water partition coefficient (Wildman–Crippen LogP) is 4.08. The maximum atomic E-state index is 15.4. The Labute approximate surface area is 191 Å². The van der Waals surface area contributed by atoms with E-state index in [1.807, 2.05) is 6.92 Å². The van der Waals surface area contributed by atoms with Gasteiger partial charge in [0, 0.05) is 24.2 Å². The number of alkyl halides is 1. The Morgan fingerprint density at radius 1 is 1.27 bits per heavy atom. The van der Waals surface area contributed by atoms with Gasteiger partial charge in [0.1, 0.15) is 23.6 Å². The molecular formula is C25H28F3NO4. The fourth-order valence-electron chi connectivity index (χ4n) is 4.46. The third kappa shape index (κ3) is 5.45. The summed E-state index contributed by atoms with van der Waals surface area (Å²) in [7, 11) is 1.19. The largest absolute Gasteiger partial charge is 0.466 e. The zero-order chi connectivity index (χ0) is 24.5. The lowest BCUT2D eigenvalue weighted by Gasteiger charge is -2.47. The Balaban J connectivity index is 2.15. The van der Waals surface area contributed by atoms with Crippen molar-refractivity contribution in [1.29, 1.82) is 0 Å². The summed E-state index contributed by atoms with van der Waals surface area (Å²) in [6, 6.07) is 0.901. The number of carbonyl (C=O) groups is 2. The van der Waals surface area contributed by atoms with Crippen LogP contribution in [0.5, 0.6) is 0 Å². The molecule has 0 spiro atoms. The first-order valence-corrected chi connectivity index (χ1v) is 10.7. The molecule has 178 valence electrons. The van der Waals surface area contributed by atoms with Gasteiger partial charge in [-0.05, 0) is 62.1 Å². The Kier molecular flexibility index (Phi) is 7.29. The number of halogens is 3. The van der Waals surface area contributed by atoms with Gasteiger partial charge in [0.25, 0.3) is 0 Å². The van der Waals surface area contributed by atoms with Crippen molar-refractivity contribution in [2.75, 3.05) is 13.7 Å². The SMILES string of the molecule is COC(=O)/C=C/c1cc(F)c(C2C3=CC(C=O)C(O)C=C3CC(C)N2CC(C)(C)F)c(F)c1. The number of likely N-dealkylation sites (tertiary alicyclic amines) is 1. The average Bonchev–Trinajstić information content (AvgIpc) is 2.72. The highest BCUT2D eigenvalue weighted by Crippen LogP contribution is 2.46. The average molecular weight is 463 g/mol. The van der Waals surface area contributed by atoms with Crippen LogP contribution in [-0.4, -0.2) is 53.7 Å². The van der Waals surface area contributed by atoms with Gasteiger partial charge in [0.05, 0.1) is 25.2 Å². The van der Waals surface area contributed by atoms with E-state index in [0.717, 1.165) is 18.2 Å². The molecule has 1 aliphatic carbocycles. The van der Waals surface area contributed by atoms with Gasteiger partial charge >= 0.3 is 5.97 Å². The highest BCUT2D eigenvalue weighted by Gasteiger charge is 2.42. The molecule has 33 heavy (non-hydrogen) atoms. The van der Waals surface area contributed by atoms with Gasteiger partial charge in [-0.3, -0.25) is 4.90 Å². The number of hydrogen-bond acceptors (Lipinski definition) is 5. The molecule has 1 fully saturated rings. The van der Waals surface area contributed by atoms with E-state index in [1.165, 1.54) is 33.1 Å². The molecule has 1 aliphatic heterocycles. The van der Waals surface area contributed by atoms with Crippen LogP contribution in [-0.2, 0) is 14.3 Å². The molecule has 4 atom stereocenters. The summed E-state index contributed by atoms with van der Waals surface area (Å²) in [6.45, 7) is 4.52. The number of benzene rings is 1. The molecule has 4 unspecified atom stereocenters. The highest BCUT2D eigenvalue weighted by atomic mass is 19.1. The second-order valence-electron chi connectivity index (χ2n) is 9.12. The molecule has 1 saturated heterocycles. The first-order valence-electron chi connectivity index (χ1n) is 10.7. The van der Waals surface area contributed by atoms with Crippen LogP contribution in [0.15, 0.2) is 41.5 Å². The third-order valence-corrected chi connectivity index (χ3v) is 5.92. The summed E-state index contributed by atoms with van der Waals surface area (Å²) in [5.41, 5.74) is -0.646. The second-order valence-corrected chi connectivity index (χ2v) is 9.12. The van der Waals surface area contributed by atoms with Crippen LogP contribution in [0.4, 0.5) is 13.2 Å². The molecule has 1 heterocycles. The summed E-state index contributed by atoms with van der Waals surface area (Å²) in [5.74, 6) is -3.27. The third-order valence-electron chi connectivity index (χ3n) is 5.92. The first kappa shape index (κ1) is 24.9. The van der Waals surface area contributed by atoms with E-state index in [2.05, 4.69) is 4.74 Å². The maximum absolute atomic E-state index is 15.4. The van der Waals surface area contributed by atoms with Crippen molar-refractivity contribution in [2.45, 2.75) is 51.0 Å². The summed E-state index contributed by atoms with van der Waals surface area (Å²) < 4.78 is 50.0. The number of aliphatic hydroxyl groups is 1. The van der Waals surface area contributed by atoms with Gasteiger partial charge in [0.15, 0.2) is 0 Å². The second kappa shape index (κ2) is 9.65. The Morgan fingerprint density at radius 3 is 2.45 bits per heavy atom. The molecule has 2 aliphatic rings. The lowest BCUT2D eigenvalue weighted by molar-refractivity contribution is -0.134. The lowest BCUT2D eigenvalue weighted by Crippen LogP contribution is -2.48. The molecule has 0 amide bonds. The Hall–Kier alpha value is -2.71. The monoisotopic (exact) mass is 463 g/mol. The molecule has 1 aromatic carbocycles. The molecule has 0 radical (unpaired) electrons. The predicted molar refractivity (Wildman–Crippen MR) is 118 cm³/mol. The number of piperidine rings is 1. The molecule has 1 aromatic rings. The first-order chi connectivity index (χ1) is 15.4.